The van der Waals surface area contributed by atoms with Crippen molar-refractivity contribution in [1.29, 1.82) is 0 Å². The van der Waals surface area contributed by atoms with Gasteiger partial charge in [-0.25, -0.2) is 18.3 Å². The highest BCUT2D eigenvalue weighted by Crippen LogP contribution is 2.15. The van der Waals surface area contributed by atoms with Crippen LogP contribution in [-0.4, -0.2) is 21.1 Å². The van der Waals surface area contributed by atoms with Crippen LogP contribution in [0.5, 0.6) is 0 Å². The Balaban J connectivity index is 2.34. The van der Waals surface area contributed by atoms with Gasteiger partial charge < -0.3 is 0 Å². The second-order valence-corrected chi connectivity index (χ2v) is 3.69. The van der Waals surface area contributed by atoms with Crippen LogP contribution in [0.2, 0.25) is 0 Å². The monoisotopic (exact) mass is 272 g/mol. The number of hydrogen-bond acceptors (Lipinski definition) is 3. The summed E-state index contributed by atoms with van der Waals surface area (Å²) in [4.78, 5) is 0. The van der Waals surface area contributed by atoms with Crippen LogP contribution in [0.1, 0.15) is 17.8 Å². The Labute approximate surface area is 105 Å². The first-order chi connectivity index (χ1) is 8.58. The predicted octanol–water partition coefficient (Wildman–Crippen LogP) is 2.90. The zero-order chi connectivity index (χ0) is 13.1. The molecule has 0 aliphatic rings. The number of alkyl halides is 2. The van der Waals surface area contributed by atoms with Gasteiger partial charge in [-0.05, 0) is 29.9 Å². The average molecular weight is 272 g/mol. The lowest BCUT2D eigenvalue weighted by Crippen LogP contribution is -1.99. The molecule has 8 heteroatoms. The van der Waals surface area contributed by atoms with E-state index in [1.807, 2.05) is 0 Å². The van der Waals surface area contributed by atoms with Gasteiger partial charge in [-0.15, -0.1) is 0 Å². The molecule has 1 N–H and O–H groups in total. The summed E-state index contributed by atoms with van der Waals surface area (Å²) in [7, 11) is 0. The van der Waals surface area contributed by atoms with E-state index in [0.717, 1.165) is 4.68 Å². The molecule has 1 heterocycles. The largest absolute Gasteiger partial charge is 0.299 e. The minimum absolute atomic E-state index is 0.0575. The van der Waals surface area contributed by atoms with E-state index in [4.69, 9.17) is 12.2 Å². The maximum Gasteiger partial charge on any atom is 0.299 e. The summed E-state index contributed by atoms with van der Waals surface area (Å²) in [6, 6.07) is 5.55. The highest BCUT2D eigenvalue weighted by Gasteiger charge is 2.15. The van der Waals surface area contributed by atoms with Crippen molar-refractivity contribution >= 4 is 18.4 Å². The summed E-state index contributed by atoms with van der Waals surface area (Å²) in [6.45, 7) is 0. The summed E-state index contributed by atoms with van der Waals surface area (Å²) >= 11 is 4.76. The van der Waals surface area contributed by atoms with Gasteiger partial charge in [0.15, 0.2) is 0 Å². The normalized spacial score (nSPS) is 11.6. The Morgan fingerprint density at radius 3 is 2.89 bits per heavy atom. The standard InChI is InChI=1S/C10H7F3N4S/c11-7-3-1-2-6(4-7)5-14-17-9(8(12)13)15-16-10(17)18/h1-5,8H,(H,16,18). The Bertz CT molecular complexity index is 632. The van der Waals surface area contributed by atoms with Crippen molar-refractivity contribution < 1.29 is 13.2 Å². The van der Waals surface area contributed by atoms with Crippen molar-refractivity contribution in [1.82, 2.24) is 14.9 Å². The van der Waals surface area contributed by atoms with Crippen molar-refractivity contribution in [2.24, 2.45) is 5.10 Å². The lowest BCUT2D eigenvalue weighted by molar-refractivity contribution is 0.136. The molecule has 0 aliphatic carbocycles. The highest BCUT2D eigenvalue weighted by molar-refractivity contribution is 7.71. The molecule has 2 aromatic rings. The van der Waals surface area contributed by atoms with Crippen molar-refractivity contribution in [2.75, 3.05) is 0 Å². The molecule has 0 radical (unpaired) electrons. The lowest BCUT2D eigenvalue weighted by atomic mass is 10.2. The fourth-order valence-corrected chi connectivity index (χ4v) is 1.45. The molecule has 0 bridgehead atoms. The van der Waals surface area contributed by atoms with Gasteiger partial charge in [-0.3, -0.25) is 0 Å². The first-order valence-electron chi connectivity index (χ1n) is 4.83. The topological polar surface area (TPSA) is 46.0 Å². The van der Waals surface area contributed by atoms with E-state index in [-0.39, 0.29) is 4.77 Å². The van der Waals surface area contributed by atoms with Crippen molar-refractivity contribution in [2.45, 2.75) is 6.43 Å². The third-order valence-electron chi connectivity index (χ3n) is 2.04. The molecule has 0 spiro atoms. The Morgan fingerprint density at radius 2 is 2.22 bits per heavy atom. The van der Waals surface area contributed by atoms with Gasteiger partial charge in [0.05, 0.1) is 6.21 Å². The second kappa shape index (κ2) is 5.13. The van der Waals surface area contributed by atoms with Crippen LogP contribution < -0.4 is 0 Å². The number of aromatic nitrogens is 3. The summed E-state index contributed by atoms with van der Waals surface area (Å²) in [5, 5.41) is 9.31. The van der Waals surface area contributed by atoms with E-state index in [9.17, 15) is 13.2 Å². The van der Waals surface area contributed by atoms with E-state index in [1.165, 1.54) is 24.4 Å². The molecule has 1 aromatic heterocycles. The number of H-pyrrole nitrogens is 1. The highest BCUT2D eigenvalue weighted by atomic mass is 32.1. The van der Waals surface area contributed by atoms with Gasteiger partial charge in [0.2, 0.25) is 10.6 Å². The number of nitrogens with zero attached hydrogens (tertiary/aromatic N) is 3. The number of nitrogens with one attached hydrogen (secondary N) is 1. The maximum atomic E-state index is 12.9. The van der Waals surface area contributed by atoms with E-state index >= 15 is 0 Å². The maximum absolute atomic E-state index is 12.9. The van der Waals surface area contributed by atoms with E-state index in [2.05, 4.69) is 15.3 Å². The number of hydrogen-bond donors (Lipinski definition) is 1. The minimum Gasteiger partial charge on any atom is -0.250 e. The lowest BCUT2D eigenvalue weighted by Gasteiger charge is -1.98. The Morgan fingerprint density at radius 1 is 1.44 bits per heavy atom. The van der Waals surface area contributed by atoms with Crippen LogP contribution in [-0.2, 0) is 0 Å². The van der Waals surface area contributed by atoms with Crippen LogP contribution in [0, 0.1) is 10.6 Å². The quantitative estimate of drug-likeness (QED) is 0.689. The molecular formula is C10H7F3N4S. The van der Waals surface area contributed by atoms with E-state index in [1.54, 1.807) is 6.07 Å². The molecule has 0 saturated carbocycles. The van der Waals surface area contributed by atoms with Crippen LogP contribution >= 0.6 is 12.2 Å². The molecule has 0 unspecified atom stereocenters. The zero-order valence-electron chi connectivity index (χ0n) is 8.85. The molecule has 2 rings (SSSR count). The third-order valence-corrected chi connectivity index (χ3v) is 2.31. The number of benzene rings is 1. The SMILES string of the molecule is Fc1cccc(C=Nn2c(C(F)F)n[nH]c2=S)c1. The third kappa shape index (κ3) is 2.65. The molecule has 0 amide bonds. The first kappa shape index (κ1) is 12.5. The van der Waals surface area contributed by atoms with Crippen molar-refractivity contribution in [3.63, 3.8) is 0 Å². The van der Waals surface area contributed by atoms with Crippen LogP contribution in [0.4, 0.5) is 13.2 Å². The second-order valence-electron chi connectivity index (χ2n) is 3.30. The molecule has 0 atom stereocenters. The van der Waals surface area contributed by atoms with Crippen LogP contribution in [0.3, 0.4) is 0 Å². The van der Waals surface area contributed by atoms with Gasteiger partial charge in [0.25, 0.3) is 6.43 Å². The van der Waals surface area contributed by atoms with Gasteiger partial charge in [-0.2, -0.15) is 14.9 Å². The molecule has 0 saturated heterocycles. The molecule has 0 fully saturated rings. The van der Waals surface area contributed by atoms with Gasteiger partial charge in [0.1, 0.15) is 5.82 Å². The molecular weight excluding hydrogens is 265 g/mol. The minimum atomic E-state index is -2.80. The zero-order valence-corrected chi connectivity index (χ0v) is 9.66. The van der Waals surface area contributed by atoms with Crippen molar-refractivity contribution in [3.05, 3.63) is 46.2 Å². The average Bonchev–Trinajstić information content (AvgIpc) is 2.68. The number of halogens is 3. The fourth-order valence-electron chi connectivity index (χ4n) is 1.27. The van der Waals surface area contributed by atoms with Crippen LogP contribution in [0.25, 0.3) is 0 Å². The van der Waals surface area contributed by atoms with Gasteiger partial charge >= 0.3 is 0 Å². The van der Waals surface area contributed by atoms with E-state index < -0.39 is 18.1 Å². The fraction of sp³-hybridized carbons (Fsp3) is 0.100. The summed E-state index contributed by atoms with van der Waals surface area (Å²) < 4.78 is 38.7. The predicted molar refractivity (Wildman–Crippen MR) is 61.8 cm³/mol. The van der Waals surface area contributed by atoms with Gasteiger partial charge in [-0.1, -0.05) is 12.1 Å². The van der Waals surface area contributed by atoms with Crippen molar-refractivity contribution in [3.8, 4) is 0 Å². The molecule has 1 aromatic carbocycles. The molecule has 94 valence electrons. The number of aromatic amines is 1. The summed E-state index contributed by atoms with van der Waals surface area (Å²) in [5.41, 5.74) is 0.429. The Hall–Kier alpha value is -1.96. The Kier molecular flexibility index (Phi) is 3.56. The van der Waals surface area contributed by atoms with E-state index in [0.29, 0.717) is 5.56 Å². The van der Waals surface area contributed by atoms with Gasteiger partial charge in [0, 0.05) is 0 Å². The van der Waals surface area contributed by atoms with Crippen LogP contribution in [0.15, 0.2) is 29.4 Å². The molecule has 18 heavy (non-hydrogen) atoms. The summed E-state index contributed by atoms with van der Waals surface area (Å²) in [6.07, 6.45) is -1.58. The smallest absolute Gasteiger partial charge is 0.250 e. The number of rotatable bonds is 3. The molecule has 4 nitrogen and oxygen atoms in total. The first-order valence-corrected chi connectivity index (χ1v) is 5.24. The molecule has 0 aliphatic heterocycles. The summed E-state index contributed by atoms with van der Waals surface area (Å²) in [5.74, 6) is -1.03.